The topological polar surface area (TPSA) is 24.7 Å². The molecule has 11 heavy (non-hydrogen) atoms. The molecule has 1 aliphatic carbocycles. The van der Waals surface area contributed by atoms with Crippen LogP contribution in [0.5, 0.6) is 0 Å². The number of allylic oxidation sites excluding steroid dienone is 4. The highest BCUT2D eigenvalue weighted by Crippen LogP contribution is 2.09. The van der Waals surface area contributed by atoms with Crippen LogP contribution in [0, 0.1) is 0 Å². The van der Waals surface area contributed by atoms with Gasteiger partial charge in [0.2, 0.25) is 0 Å². The van der Waals surface area contributed by atoms with Crippen LogP contribution in [-0.2, 0) is 0 Å². The maximum atomic E-state index is 3.90. The van der Waals surface area contributed by atoms with Gasteiger partial charge in [-0.1, -0.05) is 0 Å². The van der Waals surface area contributed by atoms with Gasteiger partial charge < -0.3 is 0 Å². The molecule has 0 aromatic rings. The normalized spacial score (nSPS) is 24.5. The van der Waals surface area contributed by atoms with Gasteiger partial charge >= 0.3 is 0 Å². The fourth-order valence-electron chi connectivity index (χ4n) is 0.787. The Morgan fingerprint density at radius 1 is 1.18 bits per heavy atom. The maximum Gasteiger partial charge on any atom is 0.0744 e. The van der Waals surface area contributed by atoms with Crippen LogP contribution in [0.2, 0.25) is 0 Å². The van der Waals surface area contributed by atoms with Gasteiger partial charge in [-0.15, -0.1) is 0 Å². The van der Waals surface area contributed by atoms with E-state index in [1.165, 1.54) is 0 Å². The van der Waals surface area contributed by atoms with Gasteiger partial charge in [0.1, 0.15) is 0 Å². The summed E-state index contributed by atoms with van der Waals surface area (Å²) in [5.41, 5.74) is 2.94. The van der Waals surface area contributed by atoms with E-state index in [4.69, 9.17) is 0 Å². The van der Waals surface area contributed by atoms with E-state index >= 15 is 0 Å². The van der Waals surface area contributed by atoms with Crippen LogP contribution in [-0.4, -0.2) is 11.4 Å². The number of rotatable bonds is 0. The van der Waals surface area contributed by atoms with E-state index in [0.717, 1.165) is 17.0 Å². The Balaban J connectivity index is 2.97. The molecule has 2 nitrogen and oxygen atoms in total. The summed E-state index contributed by atoms with van der Waals surface area (Å²) in [5, 5.41) is 0. The maximum absolute atomic E-state index is 3.90. The first-order chi connectivity index (χ1) is 5.27. The van der Waals surface area contributed by atoms with Crippen molar-refractivity contribution >= 4 is 43.7 Å². The van der Waals surface area contributed by atoms with Crippen molar-refractivity contribution in [1.82, 2.24) is 0 Å². The molecular formula is C7H6Br2N2. The highest BCUT2D eigenvalue weighted by atomic mass is 79.9. The van der Waals surface area contributed by atoms with Crippen LogP contribution >= 0.6 is 32.3 Å². The molecule has 4 heteroatoms. The van der Waals surface area contributed by atoms with Crippen LogP contribution in [0.25, 0.3) is 0 Å². The van der Waals surface area contributed by atoms with E-state index in [-0.39, 0.29) is 0 Å². The molecule has 0 spiro atoms. The molecule has 1 aliphatic rings. The average molecular weight is 278 g/mol. The molecule has 0 aromatic heterocycles. The van der Waals surface area contributed by atoms with Gasteiger partial charge in [-0.05, 0) is 30.7 Å². The second-order valence-corrected chi connectivity index (χ2v) is 2.85. The lowest BCUT2D eigenvalue weighted by atomic mass is 10.1. The summed E-state index contributed by atoms with van der Waals surface area (Å²) in [6.07, 6.45) is 5.75. The van der Waals surface area contributed by atoms with Gasteiger partial charge in [0.15, 0.2) is 0 Å². The van der Waals surface area contributed by atoms with Gasteiger partial charge in [0, 0.05) is 0 Å². The molecule has 0 heterocycles. The molecule has 0 fully saturated rings. The largest absolute Gasteiger partial charge is 0.208 e. The smallest absolute Gasteiger partial charge is 0.0744 e. The van der Waals surface area contributed by atoms with Gasteiger partial charge in [0.05, 0.1) is 43.7 Å². The van der Waals surface area contributed by atoms with Crippen molar-refractivity contribution < 1.29 is 0 Å². The summed E-state index contributed by atoms with van der Waals surface area (Å²) < 4.78 is 7.76. The first-order valence-electron chi connectivity index (χ1n) is 3.02. The summed E-state index contributed by atoms with van der Waals surface area (Å²) in [7, 11) is 0. The minimum atomic E-state index is 0.905. The molecule has 0 unspecified atom stereocenters. The Bertz CT molecular complexity index is 274. The Hall–Kier alpha value is -0.220. The quantitative estimate of drug-likeness (QED) is 0.608. The van der Waals surface area contributed by atoms with Crippen LogP contribution < -0.4 is 0 Å². The van der Waals surface area contributed by atoms with Crippen molar-refractivity contribution in [2.75, 3.05) is 0 Å². The minimum Gasteiger partial charge on any atom is -0.208 e. The van der Waals surface area contributed by atoms with E-state index in [1.54, 1.807) is 0 Å². The molecule has 58 valence electrons. The minimum absolute atomic E-state index is 0.905. The third-order valence-corrected chi connectivity index (χ3v) is 2.16. The first-order valence-corrected chi connectivity index (χ1v) is 4.44. The van der Waals surface area contributed by atoms with Gasteiger partial charge in [-0.2, -0.15) is 0 Å². The van der Waals surface area contributed by atoms with E-state index < -0.39 is 0 Å². The summed E-state index contributed by atoms with van der Waals surface area (Å²) in [6, 6.07) is 0. The standard InChI is InChI=1S/C7H6Br2N2/c1-5-4-6(10-8)2-3-7(5)11-9/h2-4H,1H3/b10-6+,11-7-. The van der Waals surface area contributed by atoms with Crippen LogP contribution in [0.15, 0.2) is 31.8 Å². The van der Waals surface area contributed by atoms with E-state index in [0.29, 0.717) is 0 Å². The number of halogens is 2. The molecular weight excluding hydrogens is 272 g/mol. The molecule has 0 saturated carbocycles. The van der Waals surface area contributed by atoms with Gasteiger partial charge in [0.25, 0.3) is 0 Å². The van der Waals surface area contributed by atoms with E-state index in [1.807, 2.05) is 25.2 Å². The second-order valence-electron chi connectivity index (χ2n) is 2.14. The van der Waals surface area contributed by atoms with Gasteiger partial charge in [-0.25, -0.2) is 8.04 Å². The van der Waals surface area contributed by atoms with Crippen molar-refractivity contribution in [3.63, 3.8) is 0 Å². The lowest BCUT2D eigenvalue weighted by Crippen LogP contribution is -2.03. The van der Waals surface area contributed by atoms with Crippen molar-refractivity contribution in [1.29, 1.82) is 0 Å². The molecule has 0 radical (unpaired) electrons. The number of nitrogens with zero attached hydrogens (tertiary/aromatic N) is 2. The molecule has 0 aliphatic heterocycles. The zero-order valence-corrected chi connectivity index (χ0v) is 9.05. The summed E-state index contributed by atoms with van der Waals surface area (Å²) >= 11 is 6.06. The van der Waals surface area contributed by atoms with Crippen molar-refractivity contribution in [2.24, 2.45) is 8.04 Å². The average Bonchev–Trinajstić information content (AvgIpc) is 2.04. The highest BCUT2D eigenvalue weighted by molar-refractivity contribution is 9.08. The van der Waals surface area contributed by atoms with Crippen molar-refractivity contribution in [2.45, 2.75) is 6.92 Å². The first kappa shape index (κ1) is 8.87. The zero-order valence-electron chi connectivity index (χ0n) is 5.88. The molecule has 0 amide bonds. The summed E-state index contributed by atoms with van der Waals surface area (Å²) in [5.74, 6) is 0. The Kier molecular flexibility index (Phi) is 3.20. The molecule has 0 bridgehead atoms. The van der Waals surface area contributed by atoms with Crippen LogP contribution in [0.3, 0.4) is 0 Å². The zero-order chi connectivity index (χ0) is 8.27. The van der Waals surface area contributed by atoms with Gasteiger partial charge in [-0.3, -0.25) is 0 Å². The van der Waals surface area contributed by atoms with E-state index in [2.05, 4.69) is 40.3 Å². The fourth-order valence-corrected chi connectivity index (χ4v) is 1.41. The van der Waals surface area contributed by atoms with Crippen molar-refractivity contribution in [3.05, 3.63) is 23.8 Å². The molecule has 0 N–H and O–H groups in total. The molecule has 1 rings (SSSR count). The number of hydrogen-bond acceptors (Lipinski definition) is 2. The predicted molar refractivity (Wildman–Crippen MR) is 55.6 cm³/mol. The van der Waals surface area contributed by atoms with E-state index in [9.17, 15) is 0 Å². The summed E-state index contributed by atoms with van der Waals surface area (Å²) in [6.45, 7) is 1.99. The molecule has 0 saturated heterocycles. The Morgan fingerprint density at radius 2 is 1.91 bits per heavy atom. The monoisotopic (exact) mass is 276 g/mol. The SMILES string of the molecule is CC1=CC(=N/Br)/C=CC/1=N/Br. The Morgan fingerprint density at radius 3 is 2.36 bits per heavy atom. The lowest BCUT2D eigenvalue weighted by molar-refractivity contribution is 1.58. The Labute approximate surface area is 82.5 Å². The van der Waals surface area contributed by atoms with Crippen LogP contribution in [0.4, 0.5) is 0 Å². The lowest BCUT2D eigenvalue weighted by Gasteiger charge is -2.04. The summed E-state index contributed by atoms with van der Waals surface area (Å²) in [4.78, 5) is 0. The van der Waals surface area contributed by atoms with Crippen LogP contribution in [0.1, 0.15) is 6.92 Å². The molecule has 0 aromatic carbocycles. The predicted octanol–water partition coefficient (Wildman–Crippen LogP) is 3.00. The highest BCUT2D eigenvalue weighted by Gasteiger charge is 2.04. The number of hydrogen-bond donors (Lipinski definition) is 0. The third-order valence-electron chi connectivity index (χ3n) is 1.37. The molecule has 0 atom stereocenters. The third kappa shape index (κ3) is 2.10. The van der Waals surface area contributed by atoms with Crippen molar-refractivity contribution in [3.8, 4) is 0 Å². The second kappa shape index (κ2) is 3.97. The fraction of sp³-hybridized carbons (Fsp3) is 0.143.